The molecule has 3 rings (SSSR count). The highest BCUT2D eigenvalue weighted by Gasteiger charge is 2.09. The van der Waals surface area contributed by atoms with Gasteiger partial charge in [-0.2, -0.15) is 5.10 Å². The molecule has 0 saturated heterocycles. The zero-order chi connectivity index (χ0) is 11.8. The standard InChI is InChI=1S/C13H12N4/c1-8-7-10(9-5-3-2-4-6-9)15-13-11(8)12(14)16-17-13/h2-7H,1H3,(H3,14,15,16,17). The van der Waals surface area contributed by atoms with Crippen molar-refractivity contribution in [1.29, 1.82) is 0 Å². The average molecular weight is 224 g/mol. The van der Waals surface area contributed by atoms with Crippen LogP contribution in [-0.4, -0.2) is 15.2 Å². The minimum atomic E-state index is 0.504. The number of aromatic amines is 1. The van der Waals surface area contributed by atoms with Crippen LogP contribution in [-0.2, 0) is 0 Å². The first-order valence-electron chi connectivity index (χ1n) is 5.42. The van der Waals surface area contributed by atoms with Crippen molar-refractivity contribution < 1.29 is 0 Å². The Morgan fingerprint density at radius 2 is 1.94 bits per heavy atom. The molecule has 0 atom stereocenters. The van der Waals surface area contributed by atoms with Gasteiger partial charge in [0.1, 0.15) is 0 Å². The van der Waals surface area contributed by atoms with Gasteiger partial charge in [-0.25, -0.2) is 4.98 Å². The van der Waals surface area contributed by atoms with Crippen molar-refractivity contribution in [3.05, 3.63) is 42.0 Å². The van der Waals surface area contributed by atoms with Crippen LogP contribution < -0.4 is 5.73 Å². The van der Waals surface area contributed by atoms with E-state index >= 15 is 0 Å². The van der Waals surface area contributed by atoms with Gasteiger partial charge >= 0.3 is 0 Å². The first-order chi connectivity index (χ1) is 8.25. The van der Waals surface area contributed by atoms with E-state index in [1.165, 1.54) is 0 Å². The number of fused-ring (bicyclic) bond motifs is 1. The Morgan fingerprint density at radius 1 is 1.18 bits per heavy atom. The normalized spacial score (nSPS) is 10.9. The van der Waals surface area contributed by atoms with Crippen LogP contribution in [0.2, 0.25) is 0 Å². The number of nitrogens with one attached hydrogen (secondary N) is 1. The van der Waals surface area contributed by atoms with E-state index in [0.717, 1.165) is 27.9 Å². The number of nitrogen functional groups attached to an aromatic ring is 1. The zero-order valence-corrected chi connectivity index (χ0v) is 9.44. The summed E-state index contributed by atoms with van der Waals surface area (Å²) in [4.78, 5) is 4.53. The SMILES string of the molecule is Cc1cc(-c2ccccc2)nc2[nH]nc(N)c12. The fourth-order valence-corrected chi connectivity index (χ4v) is 2.00. The lowest BCUT2D eigenvalue weighted by molar-refractivity contribution is 1.10. The summed E-state index contributed by atoms with van der Waals surface area (Å²) in [7, 11) is 0. The fourth-order valence-electron chi connectivity index (χ4n) is 2.00. The van der Waals surface area contributed by atoms with Crippen molar-refractivity contribution in [1.82, 2.24) is 15.2 Å². The van der Waals surface area contributed by atoms with Crippen LogP contribution in [0.3, 0.4) is 0 Å². The molecule has 0 aliphatic carbocycles. The number of hydrogen-bond donors (Lipinski definition) is 2. The minimum Gasteiger partial charge on any atom is -0.382 e. The molecular formula is C13H12N4. The Kier molecular flexibility index (Phi) is 2.08. The van der Waals surface area contributed by atoms with Crippen LogP contribution in [0.4, 0.5) is 5.82 Å². The van der Waals surface area contributed by atoms with Crippen LogP contribution in [0, 0.1) is 6.92 Å². The third kappa shape index (κ3) is 1.54. The largest absolute Gasteiger partial charge is 0.382 e. The van der Waals surface area contributed by atoms with E-state index in [0.29, 0.717) is 5.82 Å². The zero-order valence-electron chi connectivity index (χ0n) is 9.44. The van der Waals surface area contributed by atoms with E-state index in [4.69, 9.17) is 5.73 Å². The smallest absolute Gasteiger partial charge is 0.158 e. The third-order valence-corrected chi connectivity index (χ3v) is 2.82. The van der Waals surface area contributed by atoms with Crippen LogP contribution in [0.1, 0.15) is 5.56 Å². The second-order valence-electron chi connectivity index (χ2n) is 4.02. The van der Waals surface area contributed by atoms with Gasteiger partial charge in [0.15, 0.2) is 11.5 Å². The molecule has 1 aromatic carbocycles. The van der Waals surface area contributed by atoms with E-state index in [9.17, 15) is 0 Å². The summed E-state index contributed by atoms with van der Waals surface area (Å²) in [6.45, 7) is 2.02. The Morgan fingerprint density at radius 3 is 2.71 bits per heavy atom. The maximum Gasteiger partial charge on any atom is 0.158 e. The van der Waals surface area contributed by atoms with Crippen molar-refractivity contribution in [3.63, 3.8) is 0 Å². The highest BCUT2D eigenvalue weighted by Crippen LogP contribution is 2.25. The van der Waals surface area contributed by atoms with Gasteiger partial charge in [-0.1, -0.05) is 30.3 Å². The first kappa shape index (κ1) is 9.84. The highest BCUT2D eigenvalue weighted by atomic mass is 15.2. The molecule has 0 aliphatic rings. The van der Waals surface area contributed by atoms with Gasteiger partial charge in [0.25, 0.3) is 0 Å². The number of rotatable bonds is 1. The molecule has 0 unspecified atom stereocenters. The van der Waals surface area contributed by atoms with E-state index in [1.807, 2.05) is 43.3 Å². The number of nitrogens with zero attached hydrogens (tertiary/aromatic N) is 2. The predicted octanol–water partition coefficient (Wildman–Crippen LogP) is 2.52. The number of nitrogens with two attached hydrogens (primary N) is 1. The molecule has 2 heterocycles. The number of pyridine rings is 1. The Bertz CT molecular complexity index is 670. The molecule has 0 radical (unpaired) electrons. The van der Waals surface area contributed by atoms with Crippen LogP contribution >= 0.6 is 0 Å². The summed E-state index contributed by atoms with van der Waals surface area (Å²) >= 11 is 0. The molecule has 4 nitrogen and oxygen atoms in total. The summed E-state index contributed by atoms with van der Waals surface area (Å²) < 4.78 is 0. The molecule has 0 fully saturated rings. The number of anilines is 1. The average Bonchev–Trinajstić information content (AvgIpc) is 2.73. The van der Waals surface area contributed by atoms with Gasteiger partial charge in [-0.15, -0.1) is 0 Å². The monoisotopic (exact) mass is 224 g/mol. The summed E-state index contributed by atoms with van der Waals surface area (Å²) in [6, 6.07) is 12.1. The number of benzene rings is 1. The summed E-state index contributed by atoms with van der Waals surface area (Å²) in [5.74, 6) is 0.504. The highest BCUT2D eigenvalue weighted by molar-refractivity contribution is 5.90. The third-order valence-electron chi connectivity index (χ3n) is 2.82. The molecule has 17 heavy (non-hydrogen) atoms. The maximum atomic E-state index is 5.78. The summed E-state index contributed by atoms with van der Waals surface area (Å²) in [6.07, 6.45) is 0. The van der Waals surface area contributed by atoms with Gasteiger partial charge in [0, 0.05) is 5.56 Å². The van der Waals surface area contributed by atoms with Crippen molar-refractivity contribution in [2.24, 2.45) is 0 Å². The molecule has 3 N–H and O–H groups in total. The summed E-state index contributed by atoms with van der Waals surface area (Å²) in [5, 5.41) is 7.74. The quantitative estimate of drug-likeness (QED) is 0.667. The number of H-pyrrole nitrogens is 1. The molecular weight excluding hydrogens is 212 g/mol. The van der Waals surface area contributed by atoms with Crippen LogP contribution in [0.15, 0.2) is 36.4 Å². The van der Waals surface area contributed by atoms with Crippen molar-refractivity contribution in [2.75, 3.05) is 5.73 Å². The number of aryl methyl sites for hydroxylation is 1. The second kappa shape index (κ2) is 3.59. The second-order valence-corrected chi connectivity index (χ2v) is 4.02. The van der Waals surface area contributed by atoms with Crippen molar-refractivity contribution in [2.45, 2.75) is 6.92 Å². The van der Waals surface area contributed by atoms with Gasteiger partial charge < -0.3 is 5.73 Å². The Labute approximate surface area is 98.5 Å². The van der Waals surface area contributed by atoms with E-state index in [2.05, 4.69) is 15.2 Å². The Hall–Kier alpha value is -2.36. The topological polar surface area (TPSA) is 67.6 Å². The van der Waals surface area contributed by atoms with E-state index in [-0.39, 0.29) is 0 Å². The number of aromatic nitrogens is 3. The minimum absolute atomic E-state index is 0.504. The molecule has 4 heteroatoms. The molecule has 84 valence electrons. The molecule has 0 amide bonds. The molecule has 0 bridgehead atoms. The van der Waals surface area contributed by atoms with Crippen LogP contribution in [0.5, 0.6) is 0 Å². The maximum absolute atomic E-state index is 5.78. The molecule has 2 aromatic heterocycles. The number of hydrogen-bond acceptors (Lipinski definition) is 3. The van der Waals surface area contributed by atoms with Gasteiger partial charge in [0.2, 0.25) is 0 Å². The lowest BCUT2D eigenvalue weighted by Gasteiger charge is -2.03. The molecule has 3 aromatic rings. The Balaban J connectivity index is 2.26. The van der Waals surface area contributed by atoms with Gasteiger partial charge in [0.05, 0.1) is 11.1 Å². The van der Waals surface area contributed by atoms with Gasteiger partial charge in [-0.3, -0.25) is 5.10 Å². The van der Waals surface area contributed by atoms with E-state index in [1.54, 1.807) is 0 Å². The molecule has 0 spiro atoms. The lowest BCUT2D eigenvalue weighted by Crippen LogP contribution is -1.89. The fraction of sp³-hybridized carbons (Fsp3) is 0.0769. The molecule has 0 saturated carbocycles. The lowest BCUT2D eigenvalue weighted by atomic mass is 10.1. The predicted molar refractivity (Wildman–Crippen MR) is 68.5 cm³/mol. The van der Waals surface area contributed by atoms with Crippen molar-refractivity contribution >= 4 is 16.9 Å². The van der Waals surface area contributed by atoms with Crippen molar-refractivity contribution in [3.8, 4) is 11.3 Å². The summed E-state index contributed by atoms with van der Waals surface area (Å²) in [5.41, 5.74) is 9.62. The first-order valence-corrected chi connectivity index (χ1v) is 5.42. The van der Waals surface area contributed by atoms with Gasteiger partial charge in [-0.05, 0) is 18.6 Å². The molecule has 0 aliphatic heterocycles. The van der Waals surface area contributed by atoms with E-state index < -0.39 is 0 Å². The van der Waals surface area contributed by atoms with Crippen LogP contribution in [0.25, 0.3) is 22.3 Å².